The third kappa shape index (κ3) is 5.66. The Morgan fingerprint density at radius 3 is 2.33 bits per heavy atom. The van der Waals surface area contributed by atoms with Crippen molar-refractivity contribution in [3.05, 3.63) is 0 Å². The average Bonchev–Trinajstić information content (AvgIpc) is 3.58. The number of nitrogens with one attached hydrogen (secondary N) is 3. The van der Waals surface area contributed by atoms with Gasteiger partial charge in [-0.05, 0) is 49.9 Å². The molecule has 0 bridgehead atoms. The lowest BCUT2D eigenvalue weighted by atomic mass is 9.90. The summed E-state index contributed by atoms with van der Waals surface area (Å²) < 4.78 is 71.6. The number of carbonyl (C=O) groups excluding carboxylic acids is 4. The summed E-state index contributed by atoms with van der Waals surface area (Å²) in [6, 6.07) is -2.13. The van der Waals surface area contributed by atoms with E-state index in [9.17, 15) is 46.4 Å². The lowest BCUT2D eigenvalue weighted by molar-refractivity contribution is -0.190. The second-order valence-corrected chi connectivity index (χ2v) is 13.2. The van der Waals surface area contributed by atoms with Gasteiger partial charge in [0.2, 0.25) is 17.7 Å². The minimum absolute atomic E-state index is 0.00592. The third-order valence-electron chi connectivity index (χ3n) is 9.74. The van der Waals surface area contributed by atoms with Gasteiger partial charge in [0.05, 0.1) is 18.3 Å². The molecule has 0 aromatic heterocycles. The summed E-state index contributed by atoms with van der Waals surface area (Å²) in [7, 11) is 0. The number of alkyl halides is 5. The number of rotatable bonds is 9. The summed E-state index contributed by atoms with van der Waals surface area (Å²) in [6.07, 6.45) is -6.78. The third-order valence-corrected chi connectivity index (χ3v) is 9.74. The Morgan fingerprint density at radius 2 is 1.81 bits per heavy atom. The van der Waals surface area contributed by atoms with Crippen molar-refractivity contribution in [3.8, 4) is 6.07 Å². The van der Waals surface area contributed by atoms with Gasteiger partial charge < -0.3 is 25.6 Å². The maximum atomic E-state index is 13.7. The average molecular weight is 604 g/mol. The summed E-state index contributed by atoms with van der Waals surface area (Å²) in [4.78, 5) is 52.7. The van der Waals surface area contributed by atoms with Crippen LogP contribution < -0.4 is 16.0 Å². The molecule has 3 N–H and O–H groups in total. The van der Waals surface area contributed by atoms with Crippen LogP contribution in [0.15, 0.2) is 0 Å². The summed E-state index contributed by atoms with van der Waals surface area (Å²) in [6.45, 7) is 4.98. The van der Waals surface area contributed by atoms with Crippen molar-refractivity contribution in [2.45, 2.75) is 107 Å². The molecule has 5 aliphatic rings. The number of nitrogens with zero attached hydrogens (tertiary/aromatic N) is 2. The molecular weight excluding hydrogens is 569 g/mol. The van der Waals surface area contributed by atoms with E-state index in [1.807, 2.05) is 19.9 Å². The highest BCUT2D eigenvalue weighted by Gasteiger charge is 2.70. The van der Waals surface area contributed by atoms with Crippen molar-refractivity contribution in [1.82, 2.24) is 20.9 Å². The zero-order valence-electron chi connectivity index (χ0n) is 23.4. The van der Waals surface area contributed by atoms with E-state index in [0.29, 0.717) is 6.42 Å². The number of ether oxygens (including phenoxy) is 1. The van der Waals surface area contributed by atoms with Gasteiger partial charge in [0.1, 0.15) is 18.1 Å². The van der Waals surface area contributed by atoms with E-state index in [4.69, 9.17) is 4.74 Å². The smallest absolute Gasteiger partial charge is 0.372 e. The second kappa shape index (κ2) is 10.0. The predicted octanol–water partition coefficient (Wildman–Crippen LogP) is 1.79. The Balaban J connectivity index is 1.31. The molecule has 0 aromatic rings. The van der Waals surface area contributed by atoms with Crippen LogP contribution in [-0.2, 0) is 23.9 Å². The fourth-order valence-corrected chi connectivity index (χ4v) is 7.01. The summed E-state index contributed by atoms with van der Waals surface area (Å²) in [5.74, 6) is -8.31. The minimum atomic E-state index is -5.33. The molecule has 5 fully saturated rings. The van der Waals surface area contributed by atoms with Crippen LogP contribution in [0.2, 0.25) is 0 Å². The van der Waals surface area contributed by atoms with E-state index in [1.54, 1.807) is 5.32 Å². The molecule has 0 radical (unpaired) electrons. The largest absolute Gasteiger partial charge is 0.471 e. The van der Waals surface area contributed by atoms with E-state index < -0.39 is 78.9 Å². The van der Waals surface area contributed by atoms with Crippen LogP contribution in [-0.4, -0.2) is 83.0 Å². The molecule has 7 atom stereocenters. The van der Waals surface area contributed by atoms with Crippen molar-refractivity contribution in [1.29, 1.82) is 5.26 Å². The van der Waals surface area contributed by atoms with Gasteiger partial charge in [-0.25, -0.2) is 8.78 Å². The van der Waals surface area contributed by atoms with Crippen LogP contribution in [0.5, 0.6) is 0 Å². The molecule has 0 unspecified atom stereocenters. The highest BCUT2D eigenvalue weighted by molar-refractivity contribution is 5.95. The highest BCUT2D eigenvalue weighted by atomic mass is 19.4. The number of hydrogen-bond donors (Lipinski definition) is 3. The van der Waals surface area contributed by atoms with E-state index >= 15 is 0 Å². The first-order chi connectivity index (χ1) is 19.4. The quantitative estimate of drug-likeness (QED) is 0.344. The fraction of sp³-hybridized carbons (Fsp3) is 0.815. The van der Waals surface area contributed by atoms with Crippen molar-refractivity contribution in [2.75, 3.05) is 6.54 Å². The molecular formula is C27H34F5N5O5. The molecule has 2 heterocycles. The molecule has 5 rings (SSSR count). The Morgan fingerprint density at radius 1 is 1.17 bits per heavy atom. The van der Waals surface area contributed by atoms with Gasteiger partial charge in [-0.15, -0.1) is 0 Å². The molecule has 42 heavy (non-hydrogen) atoms. The first-order valence-corrected chi connectivity index (χ1v) is 14.1. The molecule has 2 saturated heterocycles. The Bertz CT molecular complexity index is 1210. The van der Waals surface area contributed by atoms with Crippen LogP contribution in [0.25, 0.3) is 0 Å². The van der Waals surface area contributed by atoms with Gasteiger partial charge in [-0.3, -0.25) is 19.2 Å². The van der Waals surface area contributed by atoms with E-state index in [1.165, 1.54) is 6.92 Å². The maximum absolute atomic E-state index is 13.7. The van der Waals surface area contributed by atoms with Crippen LogP contribution in [0, 0.1) is 34.5 Å². The summed E-state index contributed by atoms with van der Waals surface area (Å²) in [5, 5.41) is 16.9. The number of likely N-dealkylation sites (tertiary alicyclic amines) is 1. The number of nitriles is 1. The first-order valence-electron chi connectivity index (χ1n) is 14.1. The first kappa shape index (κ1) is 30.4. The van der Waals surface area contributed by atoms with Gasteiger partial charge in [0.15, 0.2) is 0 Å². The normalized spacial score (nSPS) is 32.1. The zero-order valence-corrected chi connectivity index (χ0v) is 23.4. The van der Waals surface area contributed by atoms with Gasteiger partial charge in [0, 0.05) is 30.8 Å². The van der Waals surface area contributed by atoms with Crippen LogP contribution in [0.1, 0.15) is 59.3 Å². The van der Waals surface area contributed by atoms with Gasteiger partial charge in [-0.2, -0.15) is 18.4 Å². The number of halogens is 5. The molecule has 15 heteroatoms. The maximum Gasteiger partial charge on any atom is 0.471 e. The Kier molecular flexibility index (Phi) is 7.26. The van der Waals surface area contributed by atoms with E-state index in [2.05, 4.69) is 10.6 Å². The summed E-state index contributed by atoms with van der Waals surface area (Å²) in [5.41, 5.74) is -0.606. The molecule has 3 aliphatic carbocycles. The summed E-state index contributed by atoms with van der Waals surface area (Å²) >= 11 is 0. The van der Waals surface area contributed by atoms with Crippen LogP contribution >= 0.6 is 0 Å². The fourth-order valence-electron chi connectivity index (χ4n) is 7.01. The SMILES string of the molecule is C[C@@H](OC1CC(F)(F)C1)[C@H](NC(=O)C(F)(F)F)C(=O)N1C[C@H]2[C@@H]([C@H]1C(=O)N[C@H](C#N)C[C@@H]1CC3(CC3)NC1=O)C2(C)C. The van der Waals surface area contributed by atoms with Crippen molar-refractivity contribution in [2.24, 2.45) is 23.2 Å². The van der Waals surface area contributed by atoms with Crippen molar-refractivity contribution < 1.29 is 45.9 Å². The molecule has 2 aliphatic heterocycles. The molecule has 10 nitrogen and oxygen atoms in total. The lowest BCUT2D eigenvalue weighted by Crippen LogP contribution is -2.61. The van der Waals surface area contributed by atoms with Gasteiger partial charge in [-0.1, -0.05) is 13.8 Å². The highest BCUT2D eigenvalue weighted by Crippen LogP contribution is 2.65. The van der Waals surface area contributed by atoms with E-state index in [0.717, 1.165) is 17.7 Å². The van der Waals surface area contributed by atoms with Gasteiger partial charge in [0.25, 0.3) is 5.92 Å². The number of hydrogen-bond acceptors (Lipinski definition) is 6. The zero-order chi connectivity index (χ0) is 31.0. The molecule has 4 amide bonds. The number of fused-ring (bicyclic) bond motifs is 1. The predicted molar refractivity (Wildman–Crippen MR) is 133 cm³/mol. The second-order valence-electron chi connectivity index (χ2n) is 13.2. The molecule has 0 aromatic carbocycles. The van der Waals surface area contributed by atoms with E-state index in [-0.39, 0.29) is 41.7 Å². The van der Waals surface area contributed by atoms with Crippen LogP contribution in [0.4, 0.5) is 22.0 Å². The lowest BCUT2D eigenvalue weighted by Gasteiger charge is -2.39. The van der Waals surface area contributed by atoms with Crippen LogP contribution in [0.3, 0.4) is 0 Å². The topological polar surface area (TPSA) is 141 Å². The molecule has 1 spiro atoms. The van der Waals surface area contributed by atoms with Crippen molar-refractivity contribution in [3.63, 3.8) is 0 Å². The standard InChI is InChI=1S/C27H34F5N5O5/c1-12(42-15-8-26(28,29)9-15)18(35-23(41)27(30,31)32)22(40)37-11-16-17(24(16,2)3)19(37)21(39)34-14(10-33)6-13-7-25(4-5-25)36-20(13)38/h12-19H,4-9,11H2,1-3H3,(H,34,39)(H,35,41)(H,36,38)/t12-,13-,14+,16+,17+,18+,19+/m1/s1. The molecule has 232 valence electrons. The number of piperidine rings is 1. The minimum Gasteiger partial charge on any atom is -0.372 e. The van der Waals surface area contributed by atoms with Gasteiger partial charge >= 0.3 is 12.1 Å². The van der Waals surface area contributed by atoms with Crippen molar-refractivity contribution >= 4 is 23.6 Å². The number of amides is 4. The molecule has 3 saturated carbocycles. The monoisotopic (exact) mass is 603 g/mol. The Hall–Kier alpha value is -3.02. The number of carbonyl (C=O) groups is 4. The Labute approximate surface area is 239 Å².